The fourth-order valence-corrected chi connectivity index (χ4v) is 1.51. The second-order valence-corrected chi connectivity index (χ2v) is 3.53. The first kappa shape index (κ1) is 11.0. The van der Waals surface area contributed by atoms with Gasteiger partial charge in [-0.3, -0.25) is 0 Å². The van der Waals surface area contributed by atoms with E-state index in [1.807, 2.05) is 30.6 Å². The molecule has 0 saturated heterocycles. The van der Waals surface area contributed by atoms with Crippen molar-refractivity contribution in [2.24, 2.45) is 0 Å². The highest BCUT2D eigenvalue weighted by Crippen LogP contribution is 2.15. The Morgan fingerprint density at radius 3 is 2.71 bits per heavy atom. The average molecular weight is 227 g/mol. The molecule has 0 unspecified atom stereocenters. The van der Waals surface area contributed by atoms with Crippen LogP contribution in [0.2, 0.25) is 0 Å². The Hall–Kier alpha value is -2.49. The summed E-state index contributed by atoms with van der Waals surface area (Å²) in [6, 6.07) is 10.1. The number of rotatable bonds is 5. The molecule has 1 aromatic carbocycles. The zero-order chi connectivity index (χ0) is 12.1. The lowest BCUT2D eigenvalue weighted by atomic mass is 10.1. The number of nitrogens with one attached hydrogen (secondary N) is 3. The first-order valence-electron chi connectivity index (χ1n) is 5.28. The van der Waals surface area contributed by atoms with Crippen LogP contribution in [0.3, 0.4) is 0 Å². The Bertz CT molecular complexity index is 513. The standard InChI is InChI=1S/C13H14N4/c1-3-14-11(2)16-17-10-13(9-15-17)12-7-5-4-6-8-12/h3-10,14,16H,1-2H2/p+1. The summed E-state index contributed by atoms with van der Waals surface area (Å²) < 4.78 is 0. The van der Waals surface area contributed by atoms with Gasteiger partial charge in [-0.15, -0.1) is 10.5 Å². The van der Waals surface area contributed by atoms with Gasteiger partial charge in [-0.05, 0) is 11.8 Å². The van der Waals surface area contributed by atoms with E-state index in [0.717, 1.165) is 11.1 Å². The van der Waals surface area contributed by atoms with Crippen molar-refractivity contribution < 1.29 is 4.79 Å². The second kappa shape index (κ2) is 5.03. The molecule has 4 heteroatoms. The molecular formula is C13H15N4+. The van der Waals surface area contributed by atoms with Gasteiger partial charge in [-0.25, -0.2) is 0 Å². The minimum Gasteiger partial charge on any atom is -0.345 e. The molecule has 0 spiro atoms. The van der Waals surface area contributed by atoms with Crippen molar-refractivity contribution in [3.63, 3.8) is 0 Å². The smallest absolute Gasteiger partial charge is 0.237 e. The summed E-state index contributed by atoms with van der Waals surface area (Å²) in [4.78, 5) is 1.72. The highest BCUT2D eigenvalue weighted by atomic mass is 15.6. The highest BCUT2D eigenvalue weighted by Gasteiger charge is 2.07. The summed E-state index contributed by atoms with van der Waals surface area (Å²) in [5.41, 5.74) is 5.28. The molecule has 0 saturated carbocycles. The van der Waals surface area contributed by atoms with Gasteiger partial charge in [0.2, 0.25) is 6.20 Å². The van der Waals surface area contributed by atoms with Crippen LogP contribution < -0.4 is 15.5 Å². The van der Waals surface area contributed by atoms with Gasteiger partial charge in [0.1, 0.15) is 0 Å². The van der Waals surface area contributed by atoms with Crippen molar-refractivity contribution in [2.75, 3.05) is 5.43 Å². The van der Waals surface area contributed by atoms with Crippen molar-refractivity contribution >= 4 is 0 Å². The van der Waals surface area contributed by atoms with Crippen molar-refractivity contribution in [1.29, 1.82) is 0 Å². The Morgan fingerprint density at radius 2 is 2.00 bits per heavy atom. The van der Waals surface area contributed by atoms with E-state index >= 15 is 0 Å². The average Bonchev–Trinajstić information content (AvgIpc) is 2.79. The molecule has 2 aromatic rings. The third kappa shape index (κ3) is 2.75. The van der Waals surface area contributed by atoms with E-state index < -0.39 is 0 Å². The van der Waals surface area contributed by atoms with Gasteiger partial charge in [0.15, 0.2) is 5.82 Å². The van der Waals surface area contributed by atoms with Crippen LogP contribution in [0.5, 0.6) is 0 Å². The van der Waals surface area contributed by atoms with Gasteiger partial charge in [0.25, 0.3) is 0 Å². The van der Waals surface area contributed by atoms with Gasteiger partial charge in [-0.2, -0.15) is 0 Å². The fourth-order valence-electron chi connectivity index (χ4n) is 1.51. The molecule has 1 aromatic heterocycles. The van der Waals surface area contributed by atoms with E-state index in [4.69, 9.17) is 0 Å². The maximum atomic E-state index is 3.79. The number of aromatic nitrogens is 2. The Morgan fingerprint density at radius 1 is 1.24 bits per heavy atom. The maximum Gasteiger partial charge on any atom is 0.237 e. The number of hydrogen-bond donors (Lipinski definition) is 3. The molecule has 0 aliphatic heterocycles. The third-order valence-electron chi connectivity index (χ3n) is 2.27. The first-order chi connectivity index (χ1) is 8.29. The SMILES string of the molecule is C=CNC(=C)N[n+]1cc(-c2ccccc2)c[nH]1. The largest absolute Gasteiger partial charge is 0.345 e. The summed E-state index contributed by atoms with van der Waals surface area (Å²) in [6.45, 7) is 7.35. The van der Waals surface area contributed by atoms with Crippen molar-refractivity contribution in [2.45, 2.75) is 0 Å². The van der Waals surface area contributed by atoms with Crippen LogP contribution in [-0.4, -0.2) is 5.10 Å². The lowest BCUT2D eigenvalue weighted by Crippen LogP contribution is -2.47. The van der Waals surface area contributed by atoms with E-state index in [9.17, 15) is 0 Å². The minimum atomic E-state index is 0.645. The molecule has 86 valence electrons. The lowest BCUT2D eigenvalue weighted by Gasteiger charge is -1.99. The van der Waals surface area contributed by atoms with E-state index in [2.05, 4.69) is 41.1 Å². The molecule has 0 atom stereocenters. The number of H-pyrrole nitrogens is 1. The number of hydrogen-bond acceptors (Lipinski definition) is 2. The summed E-state index contributed by atoms with van der Waals surface area (Å²) in [5.74, 6) is 0.645. The summed E-state index contributed by atoms with van der Waals surface area (Å²) in [5, 5.41) is 5.92. The summed E-state index contributed by atoms with van der Waals surface area (Å²) in [7, 11) is 0. The topological polar surface area (TPSA) is 43.7 Å². The van der Waals surface area contributed by atoms with Crippen LogP contribution in [0.1, 0.15) is 0 Å². The van der Waals surface area contributed by atoms with E-state index in [1.165, 1.54) is 0 Å². The van der Waals surface area contributed by atoms with Crippen LogP contribution >= 0.6 is 0 Å². The molecule has 3 N–H and O–H groups in total. The second-order valence-electron chi connectivity index (χ2n) is 3.53. The quantitative estimate of drug-likeness (QED) is 0.681. The highest BCUT2D eigenvalue weighted by molar-refractivity contribution is 5.60. The number of benzene rings is 1. The Kier molecular flexibility index (Phi) is 3.25. The maximum absolute atomic E-state index is 3.79. The molecule has 0 fully saturated rings. The van der Waals surface area contributed by atoms with Gasteiger partial charge < -0.3 is 5.32 Å². The molecule has 0 aliphatic carbocycles. The van der Waals surface area contributed by atoms with E-state index in [0.29, 0.717) is 5.82 Å². The van der Waals surface area contributed by atoms with Crippen LogP contribution in [0.15, 0.2) is 67.9 Å². The van der Waals surface area contributed by atoms with Gasteiger partial charge in [0, 0.05) is 4.79 Å². The molecule has 0 aliphatic rings. The molecule has 1 heterocycles. The van der Waals surface area contributed by atoms with Crippen LogP contribution in [0, 0.1) is 0 Å². The number of aromatic amines is 1. The van der Waals surface area contributed by atoms with Crippen molar-refractivity contribution in [3.05, 3.63) is 67.9 Å². The predicted octanol–water partition coefficient (Wildman–Crippen LogP) is 1.72. The number of nitrogens with zero attached hydrogens (tertiary/aromatic N) is 1. The van der Waals surface area contributed by atoms with Crippen LogP contribution in [0.4, 0.5) is 0 Å². The zero-order valence-electron chi connectivity index (χ0n) is 9.48. The zero-order valence-corrected chi connectivity index (χ0v) is 9.48. The molecule has 0 bridgehead atoms. The van der Waals surface area contributed by atoms with E-state index in [-0.39, 0.29) is 0 Å². The van der Waals surface area contributed by atoms with Crippen LogP contribution in [0.25, 0.3) is 11.1 Å². The Balaban J connectivity index is 2.11. The summed E-state index contributed by atoms with van der Waals surface area (Å²) in [6.07, 6.45) is 5.44. The monoisotopic (exact) mass is 227 g/mol. The van der Waals surface area contributed by atoms with Crippen LogP contribution in [-0.2, 0) is 0 Å². The Labute approximate surface area is 100 Å². The molecule has 0 amide bonds. The normalized spacial score (nSPS) is 9.65. The molecule has 2 rings (SSSR count). The van der Waals surface area contributed by atoms with Gasteiger partial charge in [-0.1, -0.05) is 43.5 Å². The third-order valence-corrected chi connectivity index (χ3v) is 2.27. The molecule has 0 radical (unpaired) electrons. The molecule has 4 nitrogen and oxygen atoms in total. The summed E-state index contributed by atoms with van der Waals surface area (Å²) >= 11 is 0. The predicted molar refractivity (Wildman–Crippen MR) is 68.3 cm³/mol. The van der Waals surface area contributed by atoms with Gasteiger partial charge >= 0.3 is 0 Å². The molecule has 17 heavy (non-hydrogen) atoms. The first-order valence-corrected chi connectivity index (χ1v) is 5.28. The lowest BCUT2D eigenvalue weighted by molar-refractivity contribution is -0.702. The van der Waals surface area contributed by atoms with Gasteiger partial charge in [0.05, 0.1) is 11.8 Å². The molecular weight excluding hydrogens is 212 g/mol. The van der Waals surface area contributed by atoms with Crippen molar-refractivity contribution in [1.82, 2.24) is 10.4 Å². The fraction of sp³-hybridized carbons (Fsp3) is 0. The van der Waals surface area contributed by atoms with E-state index in [1.54, 1.807) is 11.0 Å². The van der Waals surface area contributed by atoms with Crippen molar-refractivity contribution in [3.8, 4) is 11.1 Å². The minimum absolute atomic E-state index is 0.645.